The van der Waals surface area contributed by atoms with Crippen LogP contribution >= 0.6 is 0 Å². The van der Waals surface area contributed by atoms with Gasteiger partial charge in [-0.1, -0.05) is 39.0 Å². The van der Waals surface area contributed by atoms with Gasteiger partial charge < -0.3 is 4.12 Å². The fraction of sp³-hybridized carbons (Fsp3) is 0.909. The zero-order chi connectivity index (χ0) is 20.8. The quantitative estimate of drug-likeness (QED) is 0.175. The summed E-state index contributed by atoms with van der Waals surface area (Å²) in [5, 5.41) is 0. The van der Waals surface area contributed by atoms with E-state index >= 15 is 0 Å². The molecule has 0 aliphatic heterocycles. The van der Waals surface area contributed by atoms with Crippen molar-refractivity contribution in [1.82, 2.24) is 0 Å². The smallest absolute Gasteiger partial charge is 0.173 e. The molecule has 0 aromatic rings. The molecule has 0 N–H and O–H groups in total. The molecular formula is C22H46O3Si2. The van der Waals surface area contributed by atoms with Crippen molar-refractivity contribution in [2.45, 2.75) is 129 Å². The fourth-order valence-corrected chi connectivity index (χ4v) is 11.7. The second-order valence-electron chi connectivity index (χ2n) is 9.63. The lowest BCUT2D eigenvalue weighted by Gasteiger charge is -2.31. The SMILES string of the molecule is CCCCC(=O)CCCCCCCC(=O)CCCC[Si](C)(C)O[Si](C)(C)C. The maximum Gasteiger partial charge on any atom is 0.173 e. The zero-order valence-electron chi connectivity index (χ0n) is 19.1. The highest BCUT2D eigenvalue weighted by molar-refractivity contribution is 6.84. The Bertz CT molecular complexity index is 414. The number of Topliss-reactive ketones (excluding diaryl/α,β-unsaturated/α-hetero) is 2. The summed E-state index contributed by atoms with van der Waals surface area (Å²) in [4.78, 5) is 23.6. The van der Waals surface area contributed by atoms with Gasteiger partial charge >= 0.3 is 0 Å². The Morgan fingerprint density at radius 3 is 1.48 bits per heavy atom. The number of unbranched alkanes of at least 4 members (excludes halogenated alkanes) is 6. The van der Waals surface area contributed by atoms with Crippen LogP contribution < -0.4 is 0 Å². The van der Waals surface area contributed by atoms with Gasteiger partial charge in [0.15, 0.2) is 16.6 Å². The Balaban J connectivity index is 3.56. The number of ketones is 2. The molecule has 0 unspecified atom stereocenters. The molecule has 0 spiro atoms. The third kappa shape index (κ3) is 18.8. The van der Waals surface area contributed by atoms with Crippen LogP contribution in [-0.4, -0.2) is 28.2 Å². The number of rotatable bonds is 18. The van der Waals surface area contributed by atoms with Gasteiger partial charge in [-0.2, -0.15) is 0 Å². The number of carbonyl (C=O) groups is 2. The minimum Gasteiger partial charge on any atom is -0.456 e. The van der Waals surface area contributed by atoms with Gasteiger partial charge in [0.05, 0.1) is 0 Å². The van der Waals surface area contributed by atoms with Crippen molar-refractivity contribution in [1.29, 1.82) is 0 Å². The second kappa shape index (κ2) is 14.7. The molecule has 0 rings (SSSR count). The molecule has 0 heterocycles. The predicted molar refractivity (Wildman–Crippen MR) is 122 cm³/mol. The summed E-state index contributed by atoms with van der Waals surface area (Å²) in [5.74, 6) is 0.851. The minimum atomic E-state index is -1.54. The van der Waals surface area contributed by atoms with E-state index in [1.54, 1.807) is 0 Å². The van der Waals surface area contributed by atoms with E-state index in [-0.39, 0.29) is 0 Å². The molecule has 27 heavy (non-hydrogen) atoms. The summed E-state index contributed by atoms with van der Waals surface area (Å²) in [5.41, 5.74) is 0. The highest BCUT2D eigenvalue weighted by atomic mass is 28.4. The number of carbonyl (C=O) groups excluding carboxylic acids is 2. The van der Waals surface area contributed by atoms with E-state index in [0.29, 0.717) is 11.6 Å². The van der Waals surface area contributed by atoms with Crippen LogP contribution in [0.1, 0.15) is 90.4 Å². The number of hydrogen-bond donors (Lipinski definition) is 0. The minimum absolute atomic E-state index is 0.425. The molecule has 0 aromatic heterocycles. The standard InChI is InChI=1S/C22H46O3Si2/c1-7-8-16-21(23)17-12-10-9-11-13-18-22(24)19-14-15-20-27(5,6)25-26(2,3)4/h7-20H2,1-6H3. The summed E-state index contributed by atoms with van der Waals surface area (Å²) in [7, 11) is -2.99. The molecule has 0 saturated heterocycles. The van der Waals surface area contributed by atoms with E-state index in [1.807, 2.05) is 0 Å². The third-order valence-electron chi connectivity index (χ3n) is 4.79. The Labute approximate surface area is 171 Å². The summed E-state index contributed by atoms with van der Waals surface area (Å²) < 4.78 is 6.35. The van der Waals surface area contributed by atoms with Crippen LogP contribution in [0.3, 0.4) is 0 Å². The van der Waals surface area contributed by atoms with Crippen LogP contribution in [-0.2, 0) is 13.7 Å². The van der Waals surface area contributed by atoms with Gasteiger partial charge in [-0.15, -0.1) is 0 Å². The molecule has 0 aliphatic carbocycles. The van der Waals surface area contributed by atoms with E-state index < -0.39 is 16.6 Å². The summed E-state index contributed by atoms with van der Waals surface area (Å²) in [6.45, 7) is 13.5. The first-order valence-corrected chi connectivity index (χ1v) is 17.8. The van der Waals surface area contributed by atoms with Crippen LogP contribution in [0.5, 0.6) is 0 Å². The second-order valence-corrected chi connectivity index (χ2v) is 18.7. The summed E-state index contributed by atoms with van der Waals surface area (Å²) in [6, 6.07) is 1.17. The third-order valence-corrected chi connectivity index (χ3v) is 11.0. The first-order chi connectivity index (χ1) is 12.6. The van der Waals surface area contributed by atoms with Gasteiger partial charge in [-0.3, -0.25) is 9.59 Å². The molecule has 3 nitrogen and oxygen atoms in total. The average molecular weight is 415 g/mol. The normalized spacial score (nSPS) is 12.4. The van der Waals surface area contributed by atoms with Crippen molar-refractivity contribution in [2.24, 2.45) is 0 Å². The van der Waals surface area contributed by atoms with Gasteiger partial charge in [-0.25, -0.2) is 0 Å². The molecule has 0 aliphatic rings. The van der Waals surface area contributed by atoms with Crippen molar-refractivity contribution >= 4 is 28.2 Å². The molecule has 0 bridgehead atoms. The van der Waals surface area contributed by atoms with Crippen molar-refractivity contribution < 1.29 is 13.7 Å². The van der Waals surface area contributed by atoms with Gasteiger partial charge in [-0.05, 0) is 64.5 Å². The largest absolute Gasteiger partial charge is 0.456 e. The van der Waals surface area contributed by atoms with E-state index in [0.717, 1.165) is 83.5 Å². The van der Waals surface area contributed by atoms with E-state index in [1.165, 1.54) is 6.04 Å². The van der Waals surface area contributed by atoms with Crippen molar-refractivity contribution in [2.75, 3.05) is 0 Å². The monoisotopic (exact) mass is 414 g/mol. The van der Waals surface area contributed by atoms with Crippen LogP contribution in [0.4, 0.5) is 0 Å². The van der Waals surface area contributed by atoms with Crippen molar-refractivity contribution in [3.63, 3.8) is 0 Å². The van der Waals surface area contributed by atoms with Gasteiger partial charge in [0.25, 0.3) is 0 Å². The Morgan fingerprint density at radius 1 is 0.630 bits per heavy atom. The van der Waals surface area contributed by atoms with E-state index in [4.69, 9.17) is 4.12 Å². The van der Waals surface area contributed by atoms with Crippen molar-refractivity contribution in [3.05, 3.63) is 0 Å². The van der Waals surface area contributed by atoms with Gasteiger partial charge in [0.1, 0.15) is 11.6 Å². The fourth-order valence-electron chi connectivity index (χ4n) is 3.55. The van der Waals surface area contributed by atoms with Crippen LogP contribution in [0.2, 0.25) is 38.8 Å². The van der Waals surface area contributed by atoms with E-state index in [2.05, 4.69) is 39.7 Å². The maximum atomic E-state index is 12.0. The lowest BCUT2D eigenvalue weighted by molar-refractivity contribution is -0.120. The predicted octanol–water partition coefficient (Wildman–Crippen LogP) is 7.27. The lowest BCUT2D eigenvalue weighted by Crippen LogP contribution is -2.42. The van der Waals surface area contributed by atoms with Crippen molar-refractivity contribution in [3.8, 4) is 0 Å². The Morgan fingerprint density at radius 2 is 1.04 bits per heavy atom. The first-order valence-electron chi connectivity index (χ1n) is 11.3. The maximum absolute atomic E-state index is 12.0. The molecule has 0 saturated carbocycles. The van der Waals surface area contributed by atoms with Crippen LogP contribution in [0.25, 0.3) is 0 Å². The molecule has 0 fully saturated rings. The zero-order valence-corrected chi connectivity index (χ0v) is 21.1. The highest BCUT2D eigenvalue weighted by Crippen LogP contribution is 2.21. The lowest BCUT2D eigenvalue weighted by atomic mass is 10.0. The first kappa shape index (κ1) is 26.7. The molecule has 160 valence electrons. The number of hydrogen-bond acceptors (Lipinski definition) is 3. The van der Waals surface area contributed by atoms with Gasteiger partial charge in [0.2, 0.25) is 0 Å². The van der Waals surface area contributed by atoms with Crippen LogP contribution in [0.15, 0.2) is 0 Å². The van der Waals surface area contributed by atoms with E-state index in [9.17, 15) is 9.59 Å². The molecule has 0 radical (unpaired) electrons. The topological polar surface area (TPSA) is 43.4 Å². The molecule has 5 heteroatoms. The summed E-state index contributed by atoms with van der Waals surface area (Å²) >= 11 is 0. The average Bonchev–Trinajstić information content (AvgIpc) is 2.53. The highest BCUT2D eigenvalue weighted by Gasteiger charge is 2.28. The summed E-state index contributed by atoms with van der Waals surface area (Å²) in [6.07, 6.45) is 12.7. The molecule has 0 atom stereocenters. The molecule has 0 amide bonds. The molecule has 0 aromatic carbocycles. The van der Waals surface area contributed by atoms with Crippen LogP contribution in [0, 0.1) is 0 Å². The molecular weight excluding hydrogens is 368 g/mol. The Hall–Kier alpha value is -0.266. The van der Waals surface area contributed by atoms with Gasteiger partial charge in [0, 0.05) is 25.7 Å². The Kier molecular flexibility index (Phi) is 14.5.